The Labute approximate surface area is 178 Å². The van der Waals surface area contributed by atoms with Crippen LogP contribution in [0.1, 0.15) is 33.8 Å². The van der Waals surface area contributed by atoms with Gasteiger partial charge >= 0.3 is 5.97 Å². The molecule has 4 rings (SSSR count). The lowest BCUT2D eigenvalue weighted by Gasteiger charge is -2.27. The van der Waals surface area contributed by atoms with E-state index in [-0.39, 0.29) is 28.9 Å². The second-order valence-electron chi connectivity index (χ2n) is 7.05. The van der Waals surface area contributed by atoms with Gasteiger partial charge in [0.25, 0.3) is 0 Å². The quantitative estimate of drug-likeness (QED) is 0.577. The number of hydrogen-bond donors (Lipinski definition) is 1. The van der Waals surface area contributed by atoms with E-state index in [4.69, 9.17) is 18.9 Å². The van der Waals surface area contributed by atoms with Crippen LogP contribution in [0.25, 0.3) is 5.76 Å². The van der Waals surface area contributed by atoms with Crippen molar-refractivity contribution in [3.63, 3.8) is 0 Å². The maximum atomic E-state index is 13.0. The zero-order valence-electron chi connectivity index (χ0n) is 17.0. The van der Waals surface area contributed by atoms with Gasteiger partial charge in [-0.25, -0.2) is 0 Å². The minimum absolute atomic E-state index is 0.116. The van der Waals surface area contributed by atoms with E-state index in [1.807, 2.05) is 0 Å². The molecule has 8 nitrogen and oxygen atoms in total. The first-order chi connectivity index (χ1) is 15.0. The summed E-state index contributed by atoms with van der Waals surface area (Å²) in [5, 5.41) is 11.0. The van der Waals surface area contributed by atoms with Crippen molar-refractivity contribution in [3.8, 4) is 17.2 Å². The SMILES string of the molecule is COC(=O)C[C@@H](C1=C(O)c2ccccc2C(=O)C1=O)c1cc(OC)c2c(c1)OCCO2. The van der Waals surface area contributed by atoms with E-state index < -0.39 is 23.5 Å². The lowest BCUT2D eigenvalue weighted by atomic mass is 9.78. The molecule has 0 aromatic heterocycles. The van der Waals surface area contributed by atoms with Crippen LogP contribution >= 0.6 is 0 Å². The van der Waals surface area contributed by atoms with Crippen LogP contribution in [0, 0.1) is 0 Å². The van der Waals surface area contributed by atoms with Crippen molar-refractivity contribution in [2.45, 2.75) is 12.3 Å². The van der Waals surface area contributed by atoms with E-state index in [0.29, 0.717) is 36.0 Å². The Kier molecular flexibility index (Phi) is 5.37. The number of aliphatic hydroxyl groups is 1. The van der Waals surface area contributed by atoms with Crippen LogP contribution in [0.2, 0.25) is 0 Å². The molecule has 0 spiro atoms. The normalized spacial score (nSPS) is 15.9. The molecule has 2 aliphatic rings. The molecule has 1 aliphatic carbocycles. The maximum Gasteiger partial charge on any atom is 0.306 e. The topological polar surface area (TPSA) is 108 Å². The van der Waals surface area contributed by atoms with Crippen LogP contribution in [0.3, 0.4) is 0 Å². The molecule has 160 valence electrons. The molecule has 2 aromatic rings. The first-order valence-corrected chi connectivity index (χ1v) is 9.62. The van der Waals surface area contributed by atoms with Crippen LogP contribution in [0.5, 0.6) is 17.2 Å². The second kappa shape index (κ2) is 8.14. The second-order valence-corrected chi connectivity index (χ2v) is 7.05. The number of hydrogen-bond acceptors (Lipinski definition) is 8. The Bertz CT molecular complexity index is 1100. The number of carbonyl (C=O) groups excluding carboxylic acids is 3. The zero-order valence-corrected chi connectivity index (χ0v) is 17.0. The number of allylic oxidation sites excluding steroid dienone is 1. The highest BCUT2D eigenvalue weighted by Gasteiger charge is 2.39. The van der Waals surface area contributed by atoms with Crippen LogP contribution in [0.15, 0.2) is 42.0 Å². The van der Waals surface area contributed by atoms with Crippen molar-refractivity contribution in [2.24, 2.45) is 0 Å². The number of esters is 1. The lowest BCUT2D eigenvalue weighted by Crippen LogP contribution is -2.28. The number of carbonyl (C=O) groups is 3. The van der Waals surface area contributed by atoms with Crippen molar-refractivity contribution in [3.05, 3.63) is 58.7 Å². The molecule has 1 aliphatic heterocycles. The third-order valence-electron chi connectivity index (χ3n) is 5.33. The number of ether oxygens (including phenoxy) is 4. The van der Waals surface area contributed by atoms with E-state index in [2.05, 4.69) is 0 Å². The Morgan fingerprint density at radius 1 is 1.06 bits per heavy atom. The molecular formula is C23H20O8. The average Bonchev–Trinajstić information content (AvgIpc) is 2.81. The third-order valence-corrected chi connectivity index (χ3v) is 5.33. The summed E-state index contributed by atoms with van der Waals surface area (Å²) in [6, 6.07) is 9.50. The van der Waals surface area contributed by atoms with Crippen LogP contribution in [0.4, 0.5) is 0 Å². The van der Waals surface area contributed by atoms with E-state index in [1.165, 1.54) is 20.3 Å². The van der Waals surface area contributed by atoms with Crippen LogP contribution in [-0.2, 0) is 14.3 Å². The van der Waals surface area contributed by atoms with Crippen molar-refractivity contribution in [1.29, 1.82) is 0 Å². The van der Waals surface area contributed by atoms with Gasteiger partial charge in [0.1, 0.15) is 19.0 Å². The van der Waals surface area contributed by atoms with Crippen molar-refractivity contribution in [1.82, 2.24) is 0 Å². The molecule has 0 fully saturated rings. The molecule has 1 heterocycles. The molecule has 1 atom stereocenters. The Morgan fingerprint density at radius 3 is 2.48 bits per heavy atom. The number of ketones is 2. The highest BCUT2D eigenvalue weighted by molar-refractivity contribution is 6.52. The Morgan fingerprint density at radius 2 is 1.77 bits per heavy atom. The van der Waals surface area contributed by atoms with Gasteiger partial charge in [-0.3, -0.25) is 14.4 Å². The van der Waals surface area contributed by atoms with Gasteiger partial charge in [-0.1, -0.05) is 24.3 Å². The minimum atomic E-state index is -0.970. The fourth-order valence-electron chi connectivity index (χ4n) is 3.84. The average molecular weight is 424 g/mol. The summed E-state index contributed by atoms with van der Waals surface area (Å²) in [4.78, 5) is 38.0. The predicted octanol–water partition coefficient (Wildman–Crippen LogP) is 2.85. The van der Waals surface area contributed by atoms with Gasteiger partial charge in [0.2, 0.25) is 17.3 Å². The highest BCUT2D eigenvalue weighted by atomic mass is 16.6. The molecule has 0 amide bonds. The largest absolute Gasteiger partial charge is 0.507 e. The van der Waals surface area contributed by atoms with Gasteiger partial charge < -0.3 is 24.1 Å². The number of rotatable bonds is 5. The van der Waals surface area contributed by atoms with Gasteiger partial charge in [-0.05, 0) is 17.7 Å². The maximum absolute atomic E-state index is 13.0. The van der Waals surface area contributed by atoms with Crippen molar-refractivity contribution in [2.75, 3.05) is 27.4 Å². The van der Waals surface area contributed by atoms with Crippen LogP contribution < -0.4 is 14.2 Å². The minimum Gasteiger partial charge on any atom is -0.507 e. The lowest BCUT2D eigenvalue weighted by molar-refractivity contribution is -0.140. The summed E-state index contributed by atoms with van der Waals surface area (Å²) < 4.78 is 21.5. The summed E-state index contributed by atoms with van der Waals surface area (Å²) in [5.74, 6) is -2.42. The monoisotopic (exact) mass is 424 g/mol. The fraction of sp³-hybridized carbons (Fsp3) is 0.261. The van der Waals surface area contributed by atoms with E-state index >= 15 is 0 Å². The Balaban J connectivity index is 1.92. The molecule has 0 saturated carbocycles. The first kappa shape index (κ1) is 20.5. The molecule has 2 aromatic carbocycles. The summed E-state index contributed by atoms with van der Waals surface area (Å²) >= 11 is 0. The molecule has 0 bridgehead atoms. The molecule has 0 unspecified atom stereocenters. The number of benzene rings is 2. The zero-order chi connectivity index (χ0) is 22.1. The van der Waals surface area contributed by atoms with Crippen LogP contribution in [-0.4, -0.2) is 50.1 Å². The number of fused-ring (bicyclic) bond motifs is 2. The highest BCUT2D eigenvalue weighted by Crippen LogP contribution is 2.45. The Hall–Kier alpha value is -3.81. The molecule has 1 N–H and O–H groups in total. The summed E-state index contributed by atoms with van der Waals surface area (Å²) in [6.45, 7) is 0.671. The van der Waals surface area contributed by atoms with Gasteiger partial charge in [-0.2, -0.15) is 0 Å². The molecule has 8 heteroatoms. The number of methoxy groups -OCH3 is 2. The molecule has 0 radical (unpaired) electrons. The number of aliphatic hydroxyl groups excluding tert-OH is 1. The summed E-state index contributed by atoms with van der Waals surface area (Å²) in [6.07, 6.45) is -0.278. The van der Waals surface area contributed by atoms with Crippen molar-refractivity contribution >= 4 is 23.3 Å². The summed E-state index contributed by atoms with van der Waals surface area (Å²) in [7, 11) is 2.68. The van der Waals surface area contributed by atoms with Gasteiger partial charge in [0.15, 0.2) is 11.5 Å². The van der Waals surface area contributed by atoms with Gasteiger partial charge in [0.05, 0.1) is 26.2 Å². The number of Topliss-reactive ketones (excluding diaryl/α,β-unsaturated/α-hetero) is 2. The molecule has 31 heavy (non-hydrogen) atoms. The van der Waals surface area contributed by atoms with E-state index in [1.54, 1.807) is 30.3 Å². The molecule has 0 saturated heterocycles. The first-order valence-electron chi connectivity index (χ1n) is 9.62. The van der Waals surface area contributed by atoms with E-state index in [9.17, 15) is 19.5 Å². The fourth-order valence-corrected chi connectivity index (χ4v) is 3.84. The van der Waals surface area contributed by atoms with Gasteiger partial charge in [0, 0.05) is 17.0 Å². The summed E-state index contributed by atoms with van der Waals surface area (Å²) in [5.41, 5.74) is 0.619. The third kappa shape index (κ3) is 3.50. The van der Waals surface area contributed by atoms with E-state index in [0.717, 1.165) is 0 Å². The smallest absolute Gasteiger partial charge is 0.306 e. The van der Waals surface area contributed by atoms with Gasteiger partial charge in [-0.15, -0.1) is 0 Å². The standard InChI is InChI=1S/C23H20O8/c1-28-16-9-12(10-17-23(16)31-8-7-30-17)15(11-18(24)29-2)19-20(25)13-5-3-4-6-14(13)21(26)22(19)27/h3-6,9-10,15,25H,7-8,11H2,1-2H3/t15-/m1/s1. The predicted molar refractivity (Wildman–Crippen MR) is 109 cm³/mol. The van der Waals surface area contributed by atoms with Crippen molar-refractivity contribution < 1.29 is 38.4 Å². The molecular weight excluding hydrogens is 404 g/mol.